The maximum Gasteiger partial charge on any atom is 0.257 e. The van der Waals surface area contributed by atoms with E-state index in [-0.39, 0.29) is 29.8 Å². The summed E-state index contributed by atoms with van der Waals surface area (Å²) in [4.78, 5) is 42.6. The number of ether oxygens (including phenoxy) is 2. The first-order valence-electron chi connectivity index (χ1n) is 11.8. The molecule has 1 atom stereocenters. The van der Waals surface area contributed by atoms with Crippen LogP contribution in [-0.2, 0) is 26.0 Å². The molecule has 0 radical (unpaired) electrons. The number of carbonyl (C=O) groups excluding carboxylic acids is 3. The van der Waals surface area contributed by atoms with Crippen LogP contribution in [0.4, 0.5) is 5.69 Å². The van der Waals surface area contributed by atoms with E-state index in [4.69, 9.17) is 26.2 Å². The van der Waals surface area contributed by atoms with Crippen molar-refractivity contribution in [1.82, 2.24) is 4.90 Å². The second kappa shape index (κ2) is 11.4. The first-order chi connectivity index (χ1) is 18.5. The minimum Gasteiger partial charge on any atom is -0.493 e. The van der Waals surface area contributed by atoms with Gasteiger partial charge in [0.15, 0.2) is 11.5 Å². The van der Waals surface area contributed by atoms with Gasteiger partial charge in [0.05, 0.1) is 31.2 Å². The van der Waals surface area contributed by atoms with Crippen LogP contribution in [0.5, 0.6) is 11.5 Å². The van der Waals surface area contributed by atoms with Gasteiger partial charge in [-0.05, 0) is 66.6 Å². The van der Waals surface area contributed by atoms with Crippen LogP contribution in [-0.4, -0.2) is 57.8 Å². The Labute approximate surface area is 230 Å². The van der Waals surface area contributed by atoms with Crippen molar-refractivity contribution < 1.29 is 32.3 Å². The minimum atomic E-state index is -3.86. The third-order valence-electron chi connectivity index (χ3n) is 6.37. The molecule has 1 unspecified atom stereocenters. The fourth-order valence-electron chi connectivity index (χ4n) is 4.35. The topological polar surface area (TPSA) is 136 Å². The number of benzene rings is 3. The van der Waals surface area contributed by atoms with Crippen molar-refractivity contribution in [3.05, 3.63) is 82.9 Å². The molecule has 0 spiro atoms. The average molecular weight is 572 g/mol. The summed E-state index contributed by atoms with van der Waals surface area (Å²) in [6.45, 7) is 0.0695. The highest BCUT2D eigenvalue weighted by molar-refractivity contribution is 7.89. The SMILES string of the molecule is COc1ccc(C(=O)N(CCc2ccc(S(N)(=O)=O)cc2)C2CC(=O)N(c3ccc(Cl)cc3)C2=O)cc1OC. The maximum atomic E-state index is 13.8. The summed E-state index contributed by atoms with van der Waals surface area (Å²) in [6, 6.07) is 15.8. The van der Waals surface area contributed by atoms with Crippen LogP contribution in [0.2, 0.25) is 5.02 Å². The number of carbonyl (C=O) groups is 3. The van der Waals surface area contributed by atoms with Gasteiger partial charge in [-0.25, -0.2) is 18.5 Å². The van der Waals surface area contributed by atoms with Gasteiger partial charge in [0.2, 0.25) is 15.9 Å². The fraction of sp³-hybridized carbons (Fsp3) is 0.222. The van der Waals surface area contributed by atoms with Gasteiger partial charge in [0.1, 0.15) is 6.04 Å². The van der Waals surface area contributed by atoms with E-state index in [0.717, 1.165) is 4.90 Å². The second-order valence-corrected chi connectivity index (χ2v) is 10.8. The third-order valence-corrected chi connectivity index (χ3v) is 7.55. The molecule has 3 aromatic carbocycles. The molecule has 0 aromatic heterocycles. The number of methoxy groups -OCH3 is 2. The molecule has 0 saturated carbocycles. The Balaban J connectivity index is 1.66. The number of hydrogen-bond acceptors (Lipinski definition) is 7. The Morgan fingerprint density at radius 3 is 2.23 bits per heavy atom. The van der Waals surface area contributed by atoms with Gasteiger partial charge in [-0.3, -0.25) is 14.4 Å². The van der Waals surface area contributed by atoms with Crippen molar-refractivity contribution >= 4 is 45.0 Å². The Bertz CT molecular complexity index is 1510. The van der Waals surface area contributed by atoms with E-state index in [2.05, 4.69) is 0 Å². The highest BCUT2D eigenvalue weighted by Gasteiger charge is 2.44. The van der Waals surface area contributed by atoms with Crippen molar-refractivity contribution in [3.8, 4) is 11.5 Å². The van der Waals surface area contributed by atoms with Gasteiger partial charge in [-0.15, -0.1) is 0 Å². The fourth-order valence-corrected chi connectivity index (χ4v) is 4.99. The van der Waals surface area contributed by atoms with E-state index in [1.54, 1.807) is 48.5 Å². The molecule has 1 fully saturated rings. The molecular weight excluding hydrogens is 546 g/mol. The molecule has 3 amide bonds. The minimum absolute atomic E-state index is 0.0420. The molecule has 1 saturated heterocycles. The highest BCUT2D eigenvalue weighted by Crippen LogP contribution is 2.31. The third kappa shape index (κ3) is 6.06. The largest absolute Gasteiger partial charge is 0.493 e. The van der Waals surface area contributed by atoms with Crippen molar-refractivity contribution in [1.29, 1.82) is 0 Å². The lowest BCUT2D eigenvalue weighted by Gasteiger charge is -2.28. The quantitative estimate of drug-likeness (QED) is 0.390. The van der Waals surface area contributed by atoms with Crippen molar-refractivity contribution in [2.24, 2.45) is 5.14 Å². The number of nitrogens with zero attached hydrogens (tertiary/aromatic N) is 2. The van der Waals surface area contributed by atoms with E-state index in [1.165, 1.54) is 37.3 Å². The van der Waals surface area contributed by atoms with Crippen LogP contribution in [0.1, 0.15) is 22.3 Å². The normalized spacial score (nSPS) is 15.4. The van der Waals surface area contributed by atoms with Crippen LogP contribution in [0.15, 0.2) is 71.6 Å². The van der Waals surface area contributed by atoms with Gasteiger partial charge in [0.25, 0.3) is 11.8 Å². The van der Waals surface area contributed by atoms with Gasteiger partial charge in [-0.1, -0.05) is 23.7 Å². The summed E-state index contributed by atoms with van der Waals surface area (Å²) in [5.41, 5.74) is 1.30. The molecule has 12 heteroatoms. The summed E-state index contributed by atoms with van der Waals surface area (Å²) in [5, 5.41) is 5.63. The van der Waals surface area contributed by atoms with E-state index in [1.807, 2.05) is 0 Å². The van der Waals surface area contributed by atoms with Crippen LogP contribution >= 0.6 is 11.6 Å². The molecule has 204 valence electrons. The Morgan fingerprint density at radius 1 is 1.00 bits per heavy atom. The molecule has 3 aromatic rings. The summed E-state index contributed by atoms with van der Waals surface area (Å²) >= 11 is 5.96. The maximum absolute atomic E-state index is 13.8. The predicted octanol–water partition coefficient (Wildman–Crippen LogP) is 3.02. The molecule has 1 aliphatic heterocycles. The molecule has 0 bridgehead atoms. The molecule has 1 aliphatic rings. The number of nitrogens with two attached hydrogens (primary N) is 1. The molecule has 1 heterocycles. The van der Waals surface area contributed by atoms with Crippen LogP contribution < -0.4 is 19.5 Å². The zero-order chi connectivity index (χ0) is 28.3. The highest BCUT2D eigenvalue weighted by atomic mass is 35.5. The van der Waals surface area contributed by atoms with Gasteiger partial charge in [-0.2, -0.15) is 0 Å². The van der Waals surface area contributed by atoms with Gasteiger partial charge in [0, 0.05) is 17.1 Å². The number of rotatable bonds is 9. The molecule has 2 N–H and O–H groups in total. The molecule has 4 rings (SSSR count). The molecule has 10 nitrogen and oxygen atoms in total. The number of primary sulfonamides is 1. The summed E-state index contributed by atoms with van der Waals surface area (Å²) in [5.74, 6) is -0.716. The van der Waals surface area contributed by atoms with E-state index < -0.39 is 33.8 Å². The summed E-state index contributed by atoms with van der Waals surface area (Å²) < 4.78 is 33.8. The van der Waals surface area contributed by atoms with Crippen molar-refractivity contribution in [2.45, 2.75) is 23.8 Å². The lowest BCUT2D eigenvalue weighted by atomic mass is 10.1. The number of sulfonamides is 1. The first-order valence-corrected chi connectivity index (χ1v) is 13.7. The lowest BCUT2D eigenvalue weighted by Crippen LogP contribution is -2.46. The van der Waals surface area contributed by atoms with Gasteiger partial charge >= 0.3 is 0 Å². The van der Waals surface area contributed by atoms with E-state index >= 15 is 0 Å². The number of hydrogen-bond donors (Lipinski definition) is 1. The van der Waals surface area contributed by atoms with E-state index in [9.17, 15) is 22.8 Å². The zero-order valence-corrected chi connectivity index (χ0v) is 22.7. The summed E-state index contributed by atoms with van der Waals surface area (Å²) in [7, 11) is -0.941. The number of imide groups is 1. The zero-order valence-electron chi connectivity index (χ0n) is 21.2. The molecule has 0 aliphatic carbocycles. The van der Waals surface area contributed by atoms with Crippen molar-refractivity contribution in [2.75, 3.05) is 25.7 Å². The van der Waals surface area contributed by atoms with Crippen LogP contribution in [0.3, 0.4) is 0 Å². The number of amides is 3. The lowest BCUT2D eigenvalue weighted by molar-refractivity contribution is -0.122. The average Bonchev–Trinajstić information content (AvgIpc) is 3.21. The first kappa shape index (κ1) is 28.1. The van der Waals surface area contributed by atoms with Crippen LogP contribution in [0.25, 0.3) is 0 Å². The number of halogens is 1. The number of anilines is 1. The van der Waals surface area contributed by atoms with Crippen molar-refractivity contribution in [3.63, 3.8) is 0 Å². The Hall–Kier alpha value is -3.93. The molecular formula is C27H26ClN3O7S. The standard InChI is InChI=1S/C27H26ClN3O7S/c1-37-23-12-5-18(15-24(23)38-2)26(33)30(14-13-17-3-10-21(11-4-17)39(29,35)36)22-16-25(32)31(27(22)34)20-8-6-19(28)7-9-20/h3-12,15,22H,13-14,16H2,1-2H3,(H2,29,35,36). The molecule has 39 heavy (non-hydrogen) atoms. The Morgan fingerprint density at radius 2 is 1.64 bits per heavy atom. The smallest absolute Gasteiger partial charge is 0.257 e. The summed E-state index contributed by atoms with van der Waals surface area (Å²) in [6.07, 6.45) is 0.0771. The monoisotopic (exact) mass is 571 g/mol. The van der Waals surface area contributed by atoms with E-state index in [0.29, 0.717) is 27.8 Å². The predicted molar refractivity (Wildman–Crippen MR) is 144 cm³/mol. The Kier molecular flexibility index (Phi) is 8.24. The van der Waals surface area contributed by atoms with Gasteiger partial charge < -0.3 is 14.4 Å². The van der Waals surface area contributed by atoms with Crippen LogP contribution in [0, 0.1) is 0 Å². The second-order valence-electron chi connectivity index (χ2n) is 8.77.